The molecule has 2 rings (SSSR count). The Balaban J connectivity index is 2.50. The molecular formula is C18H23O2P. The van der Waals surface area contributed by atoms with Crippen LogP contribution in [-0.2, 0) is 0 Å². The predicted molar refractivity (Wildman–Crippen MR) is 92.8 cm³/mol. The smallest absolute Gasteiger partial charge is 0.169 e. The van der Waals surface area contributed by atoms with Gasteiger partial charge in [0.05, 0.1) is 12.2 Å². The molecule has 0 amide bonds. The van der Waals surface area contributed by atoms with E-state index in [9.17, 15) is 0 Å². The largest absolute Gasteiger partial charge is 0.487 e. The van der Waals surface area contributed by atoms with E-state index in [1.807, 2.05) is 52.0 Å². The third-order valence-electron chi connectivity index (χ3n) is 2.96. The van der Waals surface area contributed by atoms with E-state index in [1.165, 1.54) is 5.56 Å². The molecule has 0 saturated heterocycles. The van der Waals surface area contributed by atoms with Crippen molar-refractivity contribution in [2.45, 2.75) is 39.9 Å². The fourth-order valence-corrected chi connectivity index (χ4v) is 2.63. The van der Waals surface area contributed by atoms with Crippen LogP contribution < -0.4 is 14.8 Å². The monoisotopic (exact) mass is 302 g/mol. The summed E-state index contributed by atoms with van der Waals surface area (Å²) < 4.78 is 11.9. The number of ether oxygens (including phenoxy) is 2. The zero-order valence-electron chi connectivity index (χ0n) is 13.1. The molecule has 1 unspecified atom stereocenters. The first-order valence-electron chi connectivity index (χ1n) is 7.30. The number of rotatable bonds is 5. The Labute approximate surface area is 129 Å². The normalized spacial score (nSPS) is 11.0. The fraction of sp³-hybridized carbons (Fsp3) is 0.333. The van der Waals surface area contributed by atoms with Gasteiger partial charge in [-0.15, -0.1) is 9.24 Å². The van der Waals surface area contributed by atoms with Crippen LogP contribution in [0.3, 0.4) is 0 Å². The third-order valence-corrected chi connectivity index (χ3v) is 3.53. The highest BCUT2D eigenvalue weighted by Crippen LogP contribution is 2.33. The van der Waals surface area contributed by atoms with Crippen LogP contribution in [0.25, 0.3) is 11.1 Å². The van der Waals surface area contributed by atoms with Gasteiger partial charge in [0, 0.05) is 5.30 Å². The molecule has 112 valence electrons. The second-order valence-electron chi connectivity index (χ2n) is 5.55. The summed E-state index contributed by atoms with van der Waals surface area (Å²) in [4.78, 5) is 0. The second-order valence-corrected chi connectivity index (χ2v) is 6.13. The minimum Gasteiger partial charge on any atom is -0.487 e. The van der Waals surface area contributed by atoms with E-state index in [-0.39, 0.29) is 12.2 Å². The lowest BCUT2D eigenvalue weighted by Gasteiger charge is -2.20. The summed E-state index contributed by atoms with van der Waals surface area (Å²) in [5.41, 5.74) is 2.32. The maximum Gasteiger partial charge on any atom is 0.169 e. The first-order chi connectivity index (χ1) is 9.99. The van der Waals surface area contributed by atoms with Crippen molar-refractivity contribution in [3.63, 3.8) is 0 Å². The maximum atomic E-state index is 5.99. The SMILES string of the molecule is CC(C)Oc1ccc(-c2ccccc2)c(P)c1OC(C)C. The molecule has 0 radical (unpaired) electrons. The zero-order chi connectivity index (χ0) is 15.4. The lowest BCUT2D eigenvalue weighted by atomic mass is 10.0. The molecule has 0 N–H and O–H groups in total. The highest BCUT2D eigenvalue weighted by atomic mass is 31.0. The van der Waals surface area contributed by atoms with Gasteiger partial charge in [0.1, 0.15) is 0 Å². The van der Waals surface area contributed by atoms with E-state index < -0.39 is 0 Å². The average molecular weight is 302 g/mol. The molecule has 1 atom stereocenters. The summed E-state index contributed by atoms with van der Waals surface area (Å²) in [6.45, 7) is 8.09. The first kappa shape index (κ1) is 15.9. The highest BCUT2D eigenvalue weighted by Gasteiger charge is 2.16. The zero-order valence-corrected chi connectivity index (χ0v) is 14.2. The van der Waals surface area contributed by atoms with E-state index in [0.29, 0.717) is 0 Å². The highest BCUT2D eigenvalue weighted by molar-refractivity contribution is 7.28. The molecule has 2 aromatic carbocycles. The quantitative estimate of drug-likeness (QED) is 0.761. The Bertz CT molecular complexity index is 592. The summed E-state index contributed by atoms with van der Waals surface area (Å²) in [7, 11) is 2.80. The Hall–Kier alpha value is -1.53. The minimum atomic E-state index is 0.102. The van der Waals surface area contributed by atoms with Crippen molar-refractivity contribution in [3.8, 4) is 22.6 Å². The van der Waals surface area contributed by atoms with E-state index in [0.717, 1.165) is 22.4 Å². The van der Waals surface area contributed by atoms with E-state index in [1.54, 1.807) is 0 Å². The van der Waals surface area contributed by atoms with Crippen LogP contribution in [0.4, 0.5) is 0 Å². The van der Waals surface area contributed by atoms with Gasteiger partial charge < -0.3 is 9.47 Å². The molecule has 2 aromatic rings. The van der Waals surface area contributed by atoms with Crippen molar-refractivity contribution in [2.75, 3.05) is 0 Å². The molecule has 0 aromatic heterocycles. The van der Waals surface area contributed by atoms with E-state index in [2.05, 4.69) is 27.4 Å². The van der Waals surface area contributed by atoms with Gasteiger partial charge in [-0.1, -0.05) is 30.3 Å². The Kier molecular flexibility index (Phi) is 5.25. The molecule has 0 aliphatic heterocycles. The van der Waals surface area contributed by atoms with Crippen LogP contribution in [0, 0.1) is 0 Å². The summed E-state index contributed by atoms with van der Waals surface area (Å²) in [6, 6.07) is 14.4. The lowest BCUT2D eigenvalue weighted by Crippen LogP contribution is -2.16. The van der Waals surface area contributed by atoms with Crippen molar-refractivity contribution < 1.29 is 9.47 Å². The molecule has 0 spiro atoms. The molecule has 2 nitrogen and oxygen atoms in total. The Morgan fingerprint density at radius 2 is 1.43 bits per heavy atom. The van der Waals surface area contributed by atoms with Crippen molar-refractivity contribution in [2.24, 2.45) is 0 Å². The summed E-state index contributed by atoms with van der Waals surface area (Å²) in [5.74, 6) is 1.61. The van der Waals surface area contributed by atoms with Gasteiger partial charge in [0.15, 0.2) is 11.5 Å². The average Bonchev–Trinajstić information content (AvgIpc) is 2.43. The molecule has 3 heteroatoms. The summed E-state index contributed by atoms with van der Waals surface area (Å²) in [6.07, 6.45) is 0.219. The summed E-state index contributed by atoms with van der Waals surface area (Å²) >= 11 is 0. The number of hydrogen-bond acceptors (Lipinski definition) is 2. The predicted octanol–water partition coefficient (Wildman–Crippen LogP) is 4.43. The minimum absolute atomic E-state index is 0.102. The molecule has 0 aliphatic carbocycles. The van der Waals surface area contributed by atoms with Crippen molar-refractivity contribution in [1.29, 1.82) is 0 Å². The van der Waals surface area contributed by atoms with Gasteiger partial charge in [-0.3, -0.25) is 0 Å². The first-order valence-corrected chi connectivity index (χ1v) is 7.88. The van der Waals surface area contributed by atoms with Crippen molar-refractivity contribution >= 4 is 14.5 Å². The topological polar surface area (TPSA) is 18.5 Å². The standard InChI is InChI=1S/C18H23O2P/c1-12(2)19-16-11-10-15(14-8-6-5-7-9-14)18(21)17(16)20-13(3)4/h5-13H,21H2,1-4H3. The Morgan fingerprint density at radius 1 is 0.810 bits per heavy atom. The van der Waals surface area contributed by atoms with E-state index >= 15 is 0 Å². The third kappa shape index (κ3) is 3.98. The van der Waals surface area contributed by atoms with Crippen molar-refractivity contribution in [1.82, 2.24) is 0 Å². The maximum absolute atomic E-state index is 5.99. The molecule has 0 saturated carbocycles. The van der Waals surface area contributed by atoms with Crippen LogP contribution >= 0.6 is 9.24 Å². The molecule has 0 aliphatic rings. The van der Waals surface area contributed by atoms with Gasteiger partial charge in [0.2, 0.25) is 0 Å². The molecule has 0 heterocycles. The van der Waals surface area contributed by atoms with E-state index in [4.69, 9.17) is 9.47 Å². The van der Waals surface area contributed by atoms with Gasteiger partial charge in [-0.05, 0) is 51.0 Å². The van der Waals surface area contributed by atoms with Crippen LogP contribution in [-0.4, -0.2) is 12.2 Å². The van der Waals surface area contributed by atoms with Gasteiger partial charge in [0.25, 0.3) is 0 Å². The van der Waals surface area contributed by atoms with Gasteiger partial charge in [-0.2, -0.15) is 0 Å². The Morgan fingerprint density at radius 3 is 2.00 bits per heavy atom. The number of benzene rings is 2. The molecule has 0 fully saturated rings. The second kappa shape index (κ2) is 6.95. The lowest BCUT2D eigenvalue weighted by molar-refractivity contribution is 0.200. The fourth-order valence-electron chi connectivity index (χ4n) is 2.15. The molecular weight excluding hydrogens is 279 g/mol. The molecule has 21 heavy (non-hydrogen) atoms. The van der Waals surface area contributed by atoms with Crippen LogP contribution in [0.5, 0.6) is 11.5 Å². The van der Waals surface area contributed by atoms with Crippen LogP contribution in [0.1, 0.15) is 27.7 Å². The van der Waals surface area contributed by atoms with Crippen molar-refractivity contribution in [3.05, 3.63) is 42.5 Å². The van der Waals surface area contributed by atoms with Crippen LogP contribution in [0.15, 0.2) is 42.5 Å². The molecule has 0 bridgehead atoms. The summed E-state index contributed by atoms with van der Waals surface area (Å²) in [5, 5.41) is 1.04. The van der Waals surface area contributed by atoms with Gasteiger partial charge in [-0.25, -0.2) is 0 Å². The number of hydrogen-bond donors (Lipinski definition) is 0. The van der Waals surface area contributed by atoms with Gasteiger partial charge >= 0.3 is 0 Å². The van der Waals surface area contributed by atoms with Crippen LogP contribution in [0.2, 0.25) is 0 Å².